The Balaban J connectivity index is 1.88. The number of nitrogens with one attached hydrogen (secondary N) is 1. The average molecular weight is 412 g/mol. The number of halogens is 1. The van der Waals surface area contributed by atoms with Crippen LogP contribution in [0.15, 0.2) is 24.3 Å². The molecule has 1 fully saturated rings. The Morgan fingerprint density at radius 2 is 2.13 bits per heavy atom. The number of carbonyl (C=O) groups excluding carboxylic acids is 3. The molecule has 3 unspecified atom stereocenters. The molecule has 1 N–H and O–H groups in total. The number of aromatic amines is 1. The first kappa shape index (κ1) is 21.5. The standard InChI is InChI=1S/C22H25FN4O3/c1-13(2)6-20(22(30)27-11-14(12-28)7-17(27)10-24)26(3)21(29)19-8-15-4-5-16(23)9-18(15)25-19/h4-5,8-9,12-14,17,20,25H,6-7,11H2,1-3H3. The molecular formula is C22H25FN4O3. The number of H-pyrrole nitrogens is 1. The Bertz CT molecular complexity index is 1010. The van der Waals surface area contributed by atoms with Gasteiger partial charge in [-0.05, 0) is 43.0 Å². The summed E-state index contributed by atoms with van der Waals surface area (Å²) in [7, 11) is 1.55. The molecule has 7 nitrogen and oxygen atoms in total. The van der Waals surface area contributed by atoms with Crippen molar-refractivity contribution in [1.82, 2.24) is 14.8 Å². The minimum absolute atomic E-state index is 0.121. The maximum atomic E-state index is 13.5. The summed E-state index contributed by atoms with van der Waals surface area (Å²) in [4.78, 5) is 43.3. The van der Waals surface area contributed by atoms with Gasteiger partial charge in [0.15, 0.2) is 0 Å². The fourth-order valence-corrected chi connectivity index (χ4v) is 3.94. The maximum Gasteiger partial charge on any atom is 0.270 e. The van der Waals surface area contributed by atoms with E-state index in [4.69, 9.17) is 0 Å². The number of aldehydes is 1. The summed E-state index contributed by atoms with van der Waals surface area (Å²) in [5.74, 6) is -1.40. The number of nitriles is 1. The van der Waals surface area contributed by atoms with Gasteiger partial charge in [-0.1, -0.05) is 13.8 Å². The second-order valence-electron chi connectivity index (χ2n) is 8.24. The quantitative estimate of drug-likeness (QED) is 0.738. The molecule has 8 heteroatoms. The molecule has 0 aliphatic carbocycles. The Morgan fingerprint density at radius 1 is 1.40 bits per heavy atom. The third-order valence-corrected chi connectivity index (χ3v) is 5.54. The van der Waals surface area contributed by atoms with Crippen LogP contribution in [0.25, 0.3) is 10.9 Å². The lowest BCUT2D eigenvalue weighted by Crippen LogP contribution is -2.51. The maximum absolute atomic E-state index is 13.5. The van der Waals surface area contributed by atoms with Gasteiger partial charge < -0.3 is 19.6 Å². The van der Waals surface area contributed by atoms with Crippen LogP contribution in [0.4, 0.5) is 4.39 Å². The van der Waals surface area contributed by atoms with Crippen LogP contribution >= 0.6 is 0 Å². The lowest BCUT2D eigenvalue weighted by Gasteiger charge is -2.32. The van der Waals surface area contributed by atoms with Crippen molar-refractivity contribution in [3.63, 3.8) is 0 Å². The number of amides is 2. The predicted molar refractivity (Wildman–Crippen MR) is 109 cm³/mol. The van der Waals surface area contributed by atoms with Crippen molar-refractivity contribution in [2.24, 2.45) is 11.8 Å². The van der Waals surface area contributed by atoms with E-state index in [1.807, 2.05) is 13.8 Å². The SMILES string of the molecule is CC(C)CC(C(=O)N1CC(C=O)CC1C#N)N(C)C(=O)c1cc2ccc(F)cc2[nH]1. The molecule has 2 aromatic rings. The normalized spacial score (nSPS) is 19.7. The number of rotatable bonds is 6. The van der Waals surface area contributed by atoms with E-state index in [0.717, 1.165) is 6.29 Å². The van der Waals surface area contributed by atoms with Crippen LogP contribution < -0.4 is 0 Å². The summed E-state index contributed by atoms with van der Waals surface area (Å²) >= 11 is 0. The summed E-state index contributed by atoms with van der Waals surface area (Å²) in [5, 5.41) is 10.1. The van der Waals surface area contributed by atoms with Gasteiger partial charge in [0.2, 0.25) is 5.91 Å². The highest BCUT2D eigenvalue weighted by atomic mass is 19.1. The summed E-state index contributed by atoms with van der Waals surface area (Å²) < 4.78 is 13.5. The zero-order chi connectivity index (χ0) is 22.0. The fourth-order valence-electron chi connectivity index (χ4n) is 3.94. The van der Waals surface area contributed by atoms with E-state index in [9.17, 15) is 24.0 Å². The van der Waals surface area contributed by atoms with Gasteiger partial charge in [-0.15, -0.1) is 0 Å². The molecule has 3 rings (SSSR count). The molecule has 30 heavy (non-hydrogen) atoms. The number of nitrogens with zero attached hydrogens (tertiary/aromatic N) is 3. The minimum Gasteiger partial charge on any atom is -0.350 e. The number of hydrogen-bond acceptors (Lipinski definition) is 4. The number of aromatic nitrogens is 1. The van der Waals surface area contributed by atoms with E-state index in [1.165, 1.54) is 21.9 Å². The van der Waals surface area contributed by atoms with E-state index in [2.05, 4.69) is 11.1 Å². The largest absolute Gasteiger partial charge is 0.350 e. The molecule has 0 spiro atoms. The number of likely N-dealkylation sites (N-methyl/N-ethyl adjacent to an activating group) is 1. The topological polar surface area (TPSA) is 97.3 Å². The summed E-state index contributed by atoms with van der Waals surface area (Å²) in [5.41, 5.74) is 0.750. The molecule has 3 atom stereocenters. The minimum atomic E-state index is -0.776. The lowest BCUT2D eigenvalue weighted by molar-refractivity contribution is -0.136. The monoisotopic (exact) mass is 412 g/mol. The van der Waals surface area contributed by atoms with Gasteiger partial charge in [0.25, 0.3) is 5.91 Å². The average Bonchev–Trinajstić information content (AvgIpc) is 3.33. The molecule has 0 bridgehead atoms. The Labute approximate surface area is 174 Å². The van der Waals surface area contributed by atoms with Gasteiger partial charge in [0, 0.05) is 30.4 Å². The van der Waals surface area contributed by atoms with Crippen molar-refractivity contribution >= 4 is 29.0 Å². The van der Waals surface area contributed by atoms with Gasteiger partial charge in [-0.3, -0.25) is 9.59 Å². The van der Waals surface area contributed by atoms with E-state index >= 15 is 0 Å². The molecular weight excluding hydrogens is 387 g/mol. The van der Waals surface area contributed by atoms with Gasteiger partial charge >= 0.3 is 0 Å². The first-order chi connectivity index (χ1) is 14.2. The molecule has 1 aromatic carbocycles. The van der Waals surface area contributed by atoms with Gasteiger partial charge in [0.05, 0.1) is 6.07 Å². The molecule has 0 radical (unpaired) electrons. The molecule has 1 aromatic heterocycles. The third-order valence-electron chi connectivity index (χ3n) is 5.54. The van der Waals surface area contributed by atoms with Gasteiger partial charge in [-0.2, -0.15) is 5.26 Å². The molecule has 1 saturated heterocycles. The third kappa shape index (κ3) is 4.20. The second kappa shape index (κ2) is 8.66. The van der Waals surface area contributed by atoms with Crippen LogP contribution in [-0.2, 0) is 9.59 Å². The van der Waals surface area contributed by atoms with E-state index in [-0.39, 0.29) is 30.0 Å². The van der Waals surface area contributed by atoms with Crippen molar-refractivity contribution in [3.8, 4) is 6.07 Å². The van der Waals surface area contributed by atoms with E-state index in [1.54, 1.807) is 19.2 Å². The lowest BCUT2D eigenvalue weighted by atomic mass is 10.0. The first-order valence-electron chi connectivity index (χ1n) is 9.96. The molecule has 2 heterocycles. The Kier molecular flexibility index (Phi) is 6.20. The van der Waals surface area contributed by atoms with Crippen molar-refractivity contribution in [3.05, 3.63) is 35.8 Å². The number of fused-ring (bicyclic) bond motifs is 1. The summed E-state index contributed by atoms with van der Waals surface area (Å²) in [6.45, 7) is 4.08. The Morgan fingerprint density at radius 3 is 2.77 bits per heavy atom. The first-order valence-corrected chi connectivity index (χ1v) is 9.96. The Hall–Kier alpha value is -3.21. The zero-order valence-corrected chi connectivity index (χ0v) is 17.3. The highest BCUT2D eigenvalue weighted by molar-refractivity contribution is 6.00. The van der Waals surface area contributed by atoms with Crippen LogP contribution in [0.2, 0.25) is 0 Å². The highest BCUT2D eigenvalue weighted by Gasteiger charge is 2.40. The van der Waals surface area contributed by atoms with Crippen molar-refractivity contribution in [2.75, 3.05) is 13.6 Å². The smallest absolute Gasteiger partial charge is 0.270 e. The highest BCUT2D eigenvalue weighted by Crippen LogP contribution is 2.26. The fraction of sp³-hybridized carbons (Fsp3) is 0.455. The van der Waals surface area contributed by atoms with Crippen molar-refractivity contribution < 1.29 is 18.8 Å². The molecule has 158 valence electrons. The number of benzene rings is 1. The molecule has 0 saturated carbocycles. The zero-order valence-electron chi connectivity index (χ0n) is 17.3. The second-order valence-corrected chi connectivity index (χ2v) is 8.24. The van der Waals surface area contributed by atoms with Gasteiger partial charge in [0.1, 0.15) is 29.9 Å². The van der Waals surface area contributed by atoms with Crippen LogP contribution in [0.5, 0.6) is 0 Å². The molecule has 1 aliphatic rings. The number of likely N-dealkylation sites (tertiary alicyclic amines) is 1. The van der Waals surface area contributed by atoms with Crippen LogP contribution in [-0.4, -0.2) is 58.6 Å². The van der Waals surface area contributed by atoms with E-state index in [0.29, 0.717) is 23.7 Å². The number of carbonyl (C=O) groups is 3. The van der Waals surface area contributed by atoms with Gasteiger partial charge in [-0.25, -0.2) is 4.39 Å². The van der Waals surface area contributed by atoms with Crippen LogP contribution in [0, 0.1) is 29.0 Å². The molecule has 2 amide bonds. The van der Waals surface area contributed by atoms with Crippen LogP contribution in [0.3, 0.4) is 0 Å². The molecule has 1 aliphatic heterocycles. The summed E-state index contributed by atoms with van der Waals surface area (Å²) in [6, 6.07) is 6.47. The van der Waals surface area contributed by atoms with Crippen molar-refractivity contribution in [2.45, 2.75) is 38.8 Å². The predicted octanol–water partition coefficient (Wildman–Crippen LogP) is 2.73. The summed E-state index contributed by atoms with van der Waals surface area (Å²) in [6.07, 6.45) is 1.50. The van der Waals surface area contributed by atoms with Crippen LogP contribution in [0.1, 0.15) is 37.2 Å². The van der Waals surface area contributed by atoms with E-state index < -0.39 is 23.8 Å². The number of hydrogen-bond donors (Lipinski definition) is 1. The van der Waals surface area contributed by atoms with Crippen molar-refractivity contribution in [1.29, 1.82) is 5.26 Å².